The Hall–Kier alpha value is -1.23. The van der Waals surface area contributed by atoms with Gasteiger partial charge in [0.25, 0.3) is 0 Å². The molecule has 4 nitrogen and oxygen atoms in total. The molecule has 2 atom stereocenters. The highest BCUT2D eigenvalue weighted by Gasteiger charge is 2.32. The smallest absolute Gasteiger partial charge is 0.182 e. The van der Waals surface area contributed by atoms with E-state index in [1.807, 2.05) is 30.3 Å². The number of ketones is 1. The van der Waals surface area contributed by atoms with Crippen LogP contribution in [0.3, 0.4) is 0 Å². The van der Waals surface area contributed by atoms with Crippen LogP contribution in [0.2, 0.25) is 0 Å². The minimum absolute atomic E-state index is 0.0620. The van der Waals surface area contributed by atoms with Crippen molar-refractivity contribution < 1.29 is 14.3 Å². The molecule has 1 aromatic carbocycles. The van der Waals surface area contributed by atoms with Crippen LogP contribution in [0.25, 0.3) is 0 Å². The van der Waals surface area contributed by atoms with E-state index in [0.29, 0.717) is 13.2 Å². The minimum Gasteiger partial charge on any atom is -0.374 e. The van der Waals surface area contributed by atoms with Gasteiger partial charge in [-0.1, -0.05) is 30.3 Å². The van der Waals surface area contributed by atoms with E-state index in [2.05, 4.69) is 0 Å². The average Bonchev–Trinajstić information content (AvgIpc) is 2.62. The maximum Gasteiger partial charge on any atom is 0.182 e. The summed E-state index contributed by atoms with van der Waals surface area (Å²) >= 11 is 0. The number of hydrogen-bond donors (Lipinski definition) is 1. The van der Waals surface area contributed by atoms with E-state index in [4.69, 9.17) is 15.2 Å². The van der Waals surface area contributed by atoms with Crippen LogP contribution in [-0.2, 0) is 20.9 Å². The summed E-state index contributed by atoms with van der Waals surface area (Å²) in [7, 11) is 0. The quantitative estimate of drug-likeness (QED) is 0.804. The van der Waals surface area contributed by atoms with Crippen molar-refractivity contribution in [2.75, 3.05) is 13.2 Å². The molecule has 16 heavy (non-hydrogen) atoms. The van der Waals surface area contributed by atoms with Gasteiger partial charge in [0.1, 0.15) is 6.10 Å². The second-order valence-electron chi connectivity index (χ2n) is 3.83. The van der Waals surface area contributed by atoms with Crippen LogP contribution in [-0.4, -0.2) is 31.1 Å². The minimum atomic E-state index is -0.487. The van der Waals surface area contributed by atoms with E-state index >= 15 is 0 Å². The monoisotopic (exact) mass is 221 g/mol. The summed E-state index contributed by atoms with van der Waals surface area (Å²) in [5, 5.41) is 0. The van der Waals surface area contributed by atoms with Gasteiger partial charge in [-0.05, 0) is 5.56 Å². The first-order valence-corrected chi connectivity index (χ1v) is 5.30. The van der Waals surface area contributed by atoms with E-state index in [0.717, 1.165) is 5.56 Å². The first-order valence-electron chi connectivity index (χ1n) is 5.30. The van der Waals surface area contributed by atoms with Crippen molar-refractivity contribution in [3.63, 3.8) is 0 Å². The van der Waals surface area contributed by atoms with Crippen molar-refractivity contribution >= 4 is 5.78 Å². The number of carbonyl (C=O) groups is 1. The Kier molecular flexibility index (Phi) is 3.66. The van der Waals surface area contributed by atoms with Gasteiger partial charge < -0.3 is 15.2 Å². The predicted octanol–water partition coefficient (Wildman–Crippen LogP) is 0.498. The van der Waals surface area contributed by atoms with Gasteiger partial charge in [0.2, 0.25) is 0 Å². The lowest BCUT2D eigenvalue weighted by Gasteiger charge is -2.09. The van der Waals surface area contributed by atoms with Crippen molar-refractivity contribution in [1.82, 2.24) is 0 Å². The highest BCUT2D eigenvalue weighted by Crippen LogP contribution is 2.09. The van der Waals surface area contributed by atoms with Gasteiger partial charge >= 0.3 is 0 Å². The molecule has 2 N–H and O–H groups in total. The molecule has 0 radical (unpaired) electrons. The molecular weight excluding hydrogens is 206 g/mol. The summed E-state index contributed by atoms with van der Waals surface area (Å²) < 4.78 is 10.6. The molecule has 0 aliphatic carbocycles. The van der Waals surface area contributed by atoms with Crippen molar-refractivity contribution in [2.24, 2.45) is 5.73 Å². The Balaban J connectivity index is 1.75. The molecule has 1 aromatic rings. The van der Waals surface area contributed by atoms with Crippen LogP contribution in [0.15, 0.2) is 30.3 Å². The Morgan fingerprint density at radius 2 is 2.12 bits per heavy atom. The molecule has 0 amide bonds. The number of nitrogens with two attached hydrogens (primary N) is 1. The molecule has 1 fully saturated rings. The third-order valence-electron chi connectivity index (χ3n) is 2.54. The lowest BCUT2D eigenvalue weighted by atomic mass is 10.2. The lowest BCUT2D eigenvalue weighted by molar-refractivity contribution is -0.125. The van der Waals surface area contributed by atoms with Gasteiger partial charge in [-0.25, -0.2) is 0 Å². The summed E-state index contributed by atoms with van der Waals surface area (Å²) in [6.07, 6.45) is -0.487. The zero-order chi connectivity index (χ0) is 11.4. The Morgan fingerprint density at radius 1 is 1.38 bits per heavy atom. The van der Waals surface area contributed by atoms with Gasteiger partial charge in [-0.2, -0.15) is 0 Å². The van der Waals surface area contributed by atoms with Crippen molar-refractivity contribution in [3.05, 3.63) is 35.9 Å². The van der Waals surface area contributed by atoms with Crippen LogP contribution in [0.4, 0.5) is 0 Å². The highest BCUT2D eigenvalue weighted by atomic mass is 16.5. The molecule has 0 saturated carbocycles. The topological polar surface area (TPSA) is 61.6 Å². The fraction of sp³-hybridized carbons (Fsp3) is 0.417. The molecule has 86 valence electrons. The fourth-order valence-corrected chi connectivity index (χ4v) is 1.61. The third-order valence-corrected chi connectivity index (χ3v) is 2.54. The molecule has 0 bridgehead atoms. The summed E-state index contributed by atoms with van der Waals surface area (Å²) in [5.74, 6) is -0.0620. The number of carbonyl (C=O) groups excluding carboxylic acids is 1. The molecule has 4 heteroatoms. The van der Waals surface area contributed by atoms with Crippen molar-refractivity contribution in [2.45, 2.75) is 18.8 Å². The van der Waals surface area contributed by atoms with E-state index in [-0.39, 0.29) is 12.4 Å². The standard InChI is InChI=1S/C12H15NO3/c13-10-7-16-11(12(10)14)8-15-6-9-4-2-1-3-5-9/h1-5,10-11H,6-8,13H2. The first-order chi connectivity index (χ1) is 7.77. The van der Waals surface area contributed by atoms with Crippen LogP contribution in [0.5, 0.6) is 0 Å². The van der Waals surface area contributed by atoms with Crippen LogP contribution in [0.1, 0.15) is 5.56 Å². The Labute approximate surface area is 94.3 Å². The van der Waals surface area contributed by atoms with E-state index in [9.17, 15) is 4.79 Å². The summed E-state index contributed by atoms with van der Waals surface area (Å²) in [5.41, 5.74) is 6.60. The molecule has 1 saturated heterocycles. The predicted molar refractivity (Wildman–Crippen MR) is 58.8 cm³/mol. The first kappa shape index (κ1) is 11.3. The second kappa shape index (κ2) is 5.21. The SMILES string of the molecule is NC1COC(COCc2ccccc2)C1=O. The summed E-state index contributed by atoms with van der Waals surface area (Å²) in [6, 6.07) is 9.32. The molecule has 0 aromatic heterocycles. The Morgan fingerprint density at radius 3 is 2.75 bits per heavy atom. The van der Waals surface area contributed by atoms with E-state index in [1.54, 1.807) is 0 Å². The average molecular weight is 221 g/mol. The van der Waals surface area contributed by atoms with E-state index in [1.165, 1.54) is 0 Å². The van der Waals surface area contributed by atoms with Gasteiger partial charge in [0.05, 0.1) is 25.9 Å². The molecule has 0 spiro atoms. The molecule has 2 rings (SSSR count). The largest absolute Gasteiger partial charge is 0.374 e. The number of benzene rings is 1. The number of Topliss-reactive ketones (excluding diaryl/α,β-unsaturated/α-hetero) is 1. The van der Waals surface area contributed by atoms with Gasteiger partial charge in [-0.15, -0.1) is 0 Å². The zero-order valence-electron chi connectivity index (χ0n) is 8.96. The number of ether oxygens (including phenoxy) is 2. The van der Waals surface area contributed by atoms with Crippen molar-refractivity contribution in [3.8, 4) is 0 Å². The Bertz CT molecular complexity index is 353. The molecule has 1 aliphatic rings. The van der Waals surface area contributed by atoms with Gasteiger partial charge in [0.15, 0.2) is 5.78 Å². The van der Waals surface area contributed by atoms with Gasteiger partial charge in [-0.3, -0.25) is 4.79 Å². The maximum absolute atomic E-state index is 11.4. The maximum atomic E-state index is 11.4. The molecular formula is C12H15NO3. The van der Waals surface area contributed by atoms with E-state index < -0.39 is 12.1 Å². The highest BCUT2D eigenvalue weighted by molar-refractivity contribution is 5.89. The molecule has 1 heterocycles. The normalized spacial score (nSPS) is 24.9. The van der Waals surface area contributed by atoms with Gasteiger partial charge in [0, 0.05) is 0 Å². The van der Waals surface area contributed by atoms with Crippen LogP contribution < -0.4 is 5.73 Å². The zero-order valence-corrected chi connectivity index (χ0v) is 8.96. The third kappa shape index (κ3) is 2.66. The van der Waals surface area contributed by atoms with Crippen LogP contribution in [0, 0.1) is 0 Å². The summed E-state index contributed by atoms with van der Waals surface area (Å²) in [6.45, 7) is 1.07. The number of rotatable bonds is 4. The lowest BCUT2D eigenvalue weighted by Crippen LogP contribution is -2.33. The van der Waals surface area contributed by atoms with Crippen molar-refractivity contribution in [1.29, 1.82) is 0 Å². The second-order valence-corrected chi connectivity index (χ2v) is 3.83. The summed E-state index contributed by atoms with van der Waals surface area (Å²) in [4.78, 5) is 11.4. The molecule has 1 aliphatic heterocycles. The number of hydrogen-bond acceptors (Lipinski definition) is 4. The molecule has 2 unspecified atom stereocenters. The van der Waals surface area contributed by atoms with Crippen LogP contribution >= 0.6 is 0 Å². The fourth-order valence-electron chi connectivity index (χ4n) is 1.61.